The van der Waals surface area contributed by atoms with Crippen LogP contribution in [0.4, 0.5) is 0 Å². The quantitative estimate of drug-likeness (QED) is 0.0183. The molecule has 6 rings (SSSR count). The summed E-state index contributed by atoms with van der Waals surface area (Å²) in [6, 6.07) is -11.2. The van der Waals surface area contributed by atoms with Gasteiger partial charge < -0.3 is 141 Å². The van der Waals surface area contributed by atoms with Crippen LogP contribution >= 0.6 is 0 Å². The number of fused-ring (bicyclic) bond motifs is 3. The number of aliphatic hydroxyl groups excluding tert-OH is 6. The summed E-state index contributed by atoms with van der Waals surface area (Å²) in [6.07, 6.45) is -8.10. The maximum absolute atomic E-state index is 14.7. The van der Waals surface area contributed by atoms with E-state index in [2.05, 4.69) is 63.8 Å². The number of carbonyl (C=O) groups is 17. The number of nitrogens with two attached hydrogens (primary N) is 3. The minimum Gasteiger partial charge on any atom is -0.508 e. The van der Waals surface area contributed by atoms with Crippen molar-refractivity contribution in [3.8, 4) is 23.0 Å². The van der Waals surface area contributed by atoms with E-state index in [-0.39, 0.29) is 89.6 Å². The standard InChI is InChI=1S/C77H107N15O29/c1-33(2)23-46(70(111)85-45-26-57(120-36(5)61(45)103)121-65-40-20-21-77(118,54(100)32-97)27-42(40)63(105)59-60(65)64(106)58-41(62(59)104)11-10-13-53(58)119-7)87-74(115)50(29-94)91-76(117)52(31-96)92-75(116)51(30-95)90-69(110)44(18-19-55(79)101)84-71(112)47(24-38-14-16-39(99)17-15-38)88-73(114)49(28-93)89-67(108)35(4)82-68(109)43(12-8-9-22-78)83-72(113)48(25-56(80)102)86-66(107)34(3)81-37(6)98/h10-11,13-17,33-36,43-52,57,61,93-97,99,103,105,118H,8-9,12,18-32,78H2,1-7H3,(H2,79,101)(H2,80,102)(H,81,98)(H,82,109)(H,83,113)(H,84,112)(H,85,111)(H,86,107)(H,87,115)(H,88,114)(H,89,108)(H,90,110)(H,91,117)(H,92,116)/t34-,35-,36+,43-,44-,45+,46-,47-,48-,49-,50-,51-,52-,57?,61-,77+/m0/s1. The van der Waals surface area contributed by atoms with E-state index in [1.165, 1.54) is 63.4 Å². The molecule has 1 heterocycles. The number of phenolic OH excluding ortho intramolecular Hbond substituents is 2. The summed E-state index contributed by atoms with van der Waals surface area (Å²) < 4.78 is 18.0. The van der Waals surface area contributed by atoms with Crippen LogP contribution in [0.5, 0.6) is 23.0 Å². The fourth-order valence-corrected chi connectivity index (χ4v) is 13.5. The summed E-state index contributed by atoms with van der Waals surface area (Å²) in [7, 11) is 1.26. The number of hydrogen-bond acceptors (Lipinski definition) is 30. The number of methoxy groups -OCH3 is 1. The fraction of sp³-hybridized carbons (Fsp3) is 0.545. The number of ketones is 3. The first-order chi connectivity index (χ1) is 57.1. The molecule has 2 aliphatic carbocycles. The van der Waals surface area contributed by atoms with Crippen molar-refractivity contribution in [2.45, 2.75) is 215 Å². The van der Waals surface area contributed by atoms with E-state index < -0.39 is 285 Å². The molecule has 664 valence electrons. The number of phenols is 2. The van der Waals surface area contributed by atoms with Crippen molar-refractivity contribution >= 4 is 100 Å². The van der Waals surface area contributed by atoms with Crippen LogP contribution < -0.4 is 90.5 Å². The van der Waals surface area contributed by atoms with E-state index in [4.69, 9.17) is 31.4 Å². The monoisotopic (exact) mass is 1710 g/mol. The van der Waals surface area contributed by atoms with E-state index in [1.54, 1.807) is 13.8 Å². The Morgan fingerprint density at radius 2 is 1.05 bits per heavy atom. The number of nitrogens with one attached hydrogen (secondary N) is 12. The number of benzene rings is 3. The minimum absolute atomic E-state index is 0.0104. The zero-order chi connectivity index (χ0) is 90.2. The van der Waals surface area contributed by atoms with Gasteiger partial charge in [-0.2, -0.15) is 0 Å². The number of ether oxygens (including phenoxy) is 3. The largest absolute Gasteiger partial charge is 0.508 e. The highest BCUT2D eigenvalue weighted by Crippen LogP contribution is 2.49. The number of aromatic hydroxyl groups is 2. The van der Waals surface area contributed by atoms with Gasteiger partial charge in [-0.1, -0.05) is 38.1 Å². The molecule has 0 saturated carbocycles. The van der Waals surface area contributed by atoms with Crippen LogP contribution in [0.25, 0.3) is 0 Å². The highest BCUT2D eigenvalue weighted by atomic mass is 16.7. The summed E-state index contributed by atoms with van der Waals surface area (Å²) in [4.78, 5) is 230. The Morgan fingerprint density at radius 3 is 1.56 bits per heavy atom. The summed E-state index contributed by atoms with van der Waals surface area (Å²) in [5.41, 5.74) is 13.0. The van der Waals surface area contributed by atoms with Gasteiger partial charge in [0.15, 0.2) is 11.6 Å². The lowest BCUT2D eigenvalue weighted by molar-refractivity contribution is -0.191. The number of hydrogen-bond donors (Lipinski definition) is 24. The van der Waals surface area contributed by atoms with Gasteiger partial charge in [-0.05, 0) is 102 Å². The third-order valence-electron chi connectivity index (χ3n) is 20.1. The van der Waals surface area contributed by atoms with Gasteiger partial charge in [-0.25, -0.2) is 0 Å². The minimum atomic E-state index is -2.22. The molecule has 0 aromatic heterocycles. The summed E-state index contributed by atoms with van der Waals surface area (Å²) in [5, 5.41) is 124. The summed E-state index contributed by atoms with van der Waals surface area (Å²) in [5.74, 6) is -19.9. The molecular weight excluding hydrogens is 1600 g/mol. The maximum atomic E-state index is 14.7. The molecule has 1 fully saturated rings. The van der Waals surface area contributed by atoms with E-state index in [9.17, 15) is 127 Å². The Kier molecular flexibility index (Phi) is 36.4. The highest BCUT2D eigenvalue weighted by molar-refractivity contribution is 6.31. The number of aliphatic hydroxyl groups is 7. The molecule has 0 spiro atoms. The van der Waals surface area contributed by atoms with Crippen LogP contribution in [-0.4, -0.2) is 289 Å². The van der Waals surface area contributed by atoms with Crippen LogP contribution in [0.15, 0.2) is 42.5 Å². The Labute approximate surface area is 692 Å². The molecule has 44 nitrogen and oxygen atoms in total. The maximum Gasteiger partial charge on any atom is 0.245 e. The van der Waals surface area contributed by atoms with Crippen LogP contribution in [0.2, 0.25) is 0 Å². The number of Topliss-reactive ketones (excluding diaryl/α,β-unsaturated/α-hetero) is 1. The SMILES string of the molecule is COc1cccc2c1C(=O)c1c(OC3C[C@@H](NC(=O)[C@H](CC(C)C)NC(=O)[C@H](CO)NC(=O)[C@H](CO)NC(=O)[C@H](CO)NC(=O)[C@H](CCC(N)=O)NC(=O)[C@H](Cc4ccc(O)cc4)NC(=O)[C@H](CO)NC(=O)[C@H](C)NC(=O)[C@H](CCCCN)NC(=O)[C@H](CC(N)=O)NC(=O)[C@H](C)NC(C)=O)[C@@H](O)[C@@H](C)O3)c3c(c(O)c1C2=O)C[C@@](O)(C(=O)CO)CC3. The molecule has 3 aliphatic rings. The van der Waals surface area contributed by atoms with Crippen LogP contribution in [-0.2, 0) is 95.9 Å². The molecular formula is C77H107N15O29. The first kappa shape index (κ1) is 97.9. The highest BCUT2D eigenvalue weighted by Gasteiger charge is 2.48. The van der Waals surface area contributed by atoms with Crippen LogP contribution in [0, 0.1) is 5.92 Å². The molecule has 0 bridgehead atoms. The summed E-state index contributed by atoms with van der Waals surface area (Å²) >= 11 is 0. The van der Waals surface area contributed by atoms with Crippen molar-refractivity contribution in [2.75, 3.05) is 46.7 Å². The number of unbranched alkanes of at least 4 members (excludes halogenated alkanes) is 1. The molecule has 3 aromatic rings. The predicted molar refractivity (Wildman–Crippen MR) is 418 cm³/mol. The molecule has 1 unspecified atom stereocenters. The molecule has 14 amide bonds. The Morgan fingerprint density at radius 1 is 0.562 bits per heavy atom. The zero-order valence-electron chi connectivity index (χ0n) is 67.4. The third kappa shape index (κ3) is 26.3. The van der Waals surface area contributed by atoms with Gasteiger partial charge in [-0.3, -0.25) is 81.5 Å². The Bertz CT molecular complexity index is 4360. The second-order valence-corrected chi connectivity index (χ2v) is 29.8. The van der Waals surface area contributed by atoms with Crippen LogP contribution in [0.3, 0.4) is 0 Å². The van der Waals surface area contributed by atoms with E-state index >= 15 is 0 Å². The third-order valence-corrected chi connectivity index (χ3v) is 20.1. The zero-order valence-corrected chi connectivity index (χ0v) is 67.4. The number of amides is 14. The van der Waals surface area contributed by atoms with E-state index in [0.29, 0.717) is 6.42 Å². The molecule has 121 heavy (non-hydrogen) atoms. The van der Waals surface area contributed by atoms with Gasteiger partial charge in [0.2, 0.25) is 94.8 Å². The topological polar surface area (TPSA) is 722 Å². The lowest BCUT2D eigenvalue weighted by Crippen LogP contribution is -2.62. The van der Waals surface area contributed by atoms with Gasteiger partial charge in [0.25, 0.3) is 0 Å². The summed E-state index contributed by atoms with van der Waals surface area (Å²) in [6.45, 7) is 2.46. The van der Waals surface area contributed by atoms with E-state index in [0.717, 1.165) is 13.8 Å². The first-order valence-corrected chi connectivity index (χ1v) is 38.7. The second-order valence-electron chi connectivity index (χ2n) is 29.8. The van der Waals surface area contributed by atoms with Gasteiger partial charge in [0.05, 0.1) is 68.8 Å². The van der Waals surface area contributed by atoms with Crippen molar-refractivity contribution in [1.82, 2.24) is 63.8 Å². The van der Waals surface area contributed by atoms with Crippen molar-refractivity contribution < 1.29 is 142 Å². The van der Waals surface area contributed by atoms with Gasteiger partial charge in [-0.15, -0.1) is 0 Å². The molecule has 1 saturated heterocycles. The van der Waals surface area contributed by atoms with Crippen molar-refractivity contribution in [2.24, 2.45) is 23.1 Å². The lowest BCUT2D eigenvalue weighted by Gasteiger charge is -2.40. The predicted octanol–water partition coefficient (Wildman–Crippen LogP) is -9.06. The Hall–Kier alpha value is -11.9. The van der Waals surface area contributed by atoms with Crippen molar-refractivity contribution in [3.05, 3.63) is 81.4 Å². The molecule has 44 heteroatoms. The first-order valence-electron chi connectivity index (χ1n) is 38.7. The number of primary amides is 2. The molecule has 16 atom stereocenters. The smallest absolute Gasteiger partial charge is 0.245 e. The van der Waals surface area contributed by atoms with Crippen LogP contribution in [0.1, 0.15) is 148 Å². The molecule has 3 aromatic carbocycles. The molecule has 0 radical (unpaired) electrons. The van der Waals surface area contributed by atoms with Gasteiger partial charge in [0, 0.05) is 49.3 Å². The van der Waals surface area contributed by atoms with Crippen molar-refractivity contribution in [3.63, 3.8) is 0 Å². The normalized spacial score (nSPS) is 19.2. The Balaban J connectivity index is 1.12. The number of carbonyl (C=O) groups excluding carboxylic acids is 17. The number of rotatable bonds is 45. The average Bonchev–Trinajstić information content (AvgIpc) is 0.712. The van der Waals surface area contributed by atoms with Gasteiger partial charge in [0.1, 0.15) is 108 Å². The van der Waals surface area contributed by atoms with Crippen molar-refractivity contribution in [1.29, 1.82) is 0 Å². The fourth-order valence-electron chi connectivity index (χ4n) is 13.5. The molecule has 1 aliphatic heterocycles. The molecule has 27 N–H and O–H groups in total. The second kappa shape index (κ2) is 44.9. The van der Waals surface area contributed by atoms with Gasteiger partial charge >= 0.3 is 0 Å². The average molecular weight is 1710 g/mol. The van der Waals surface area contributed by atoms with E-state index in [1.807, 2.05) is 0 Å². The lowest BCUT2D eigenvalue weighted by atomic mass is 9.73.